The average molecular weight is 699 g/mol. The standard InChI is InChI=1S/C36H45F3N6O5/c1-34(2)26-27(34)33(49)44-19-35(20-44)18-43(32(48)23-13-41-45(15-23)14-21-7-5-4-6-8-21)16-25(35)30(46)42-28(31(47)40-3)29(26)50-17-22-9-11-24(12-10-22)36(37,38)39/h4-8,13,15,22,24-29H,9-12,14,16-20H2,1-3H3,(H,40,47)(H,42,46)/t22?,24?,25-,26?,27+,28-,29+/m0/s1. The van der Waals surface area contributed by atoms with E-state index in [1.807, 2.05) is 44.2 Å². The minimum absolute atomic E-state index is 0.0234. The van der Waals surface area contributed by atoms with E-state index in [2.05, 4.69) is 15.7 Å². The van der Waals surface area contributed by atoms with Crippen molar-refractivity contribution in [3.8, 4) is 0 Å². The smallest absolute Gasteiger partial charge is 0.375 e. The molecule has 50 heavy (non-hydrogen) atoms. The Bertz CT molecular complexity index is 1630. The van der Waals surface area contributed by atoms with Gasteiger partial charge < -0.3 is 25.2 Å². The van der Waals surface area contributed by atoms with E-state index in [4.69, 9.17) is 4.74 Å². The fraction of sp³-hybridized carbons (Fsp3) is 0.639. The first kappa shape index (κ1) is 34.5. The third kappa shape index (κ3) is 6.17. The molecular weight excluding hydrogens is 653 g/mol. The Kier molecular flexibility index (Phi) is 8.75. The zero-order valence-corrected chi connectivity index (χ0v) is 28.6. The van der Waals surface area contributed by atoms with Gasteiger partial charge in [-0.15, -0.1) is 0 Å². The molecule has 5 atom stereocenters. The van der Waals surface area contributed by atoms with Crippen LogP contribution in [0.4, 0.5) is 13.2 Å². The zero-order valence-electron chi connectivity index (χ0n) is 28.6. The van der Waals surface area contributed by atoms with E-state index >= 15 is 0 Å². The van der Waals surface area contributed by atoms with Crippen LogP contribution in [0.3, 0.4) is 0 Å². The van der Waals surface area contributed by atoms with Crippen LogP contribution in [0, 0.1) is 40.4 Å². The summed E-state index contributed by atoms with van der Waals surface area (Å²) in [6.45, 7) is 5.56. The number of rotatable bonds is 7. The molecule has 11 nitrogen and oxygen atoms in total. The highest BCUT2D eigenvalue weighted by Gasteiger charge is 2.70. The summed E-state index contributed by atoms with van der Waals surface area (Å²) in [5.74, 6) is -4.17. The number of carbonyl (C=O) groups is 4. The van der Waals surface area contributed by atoms with E-state index in [9.17, 15) is 32.3 Å². The molecule has 8 rings (SSSR count). The van der Waals surface area contributed by atoms with Gasteiger partial charge in [-0.05, 0) is 42.6 Å². The molecule has 6 aliphatic rings. The zero-order chi connectivity index (χ0) is 35.6. The number of nitrogens with zero attached hydrogens (tertiary/aromatic N) is 4. The van der Waals surface area contributed by atoms with Gasteiger partial charge in [0, 0.05) is 63.3 Å². The molecule has 5 heterocycles. The van der Waals surface area contributed by atoms with Crippen LogP contribution in [0.2, 0.25) is 0 Å². The van der Waals surface area contributed by atoms with E-state index in [0.29, 0.717) is 38.0 Å². The Labute approximate surface area is 289 Å². The number of aromatic nitrogens is 2. The lowest BCUT2D eigenvalue weighted by atomic mass is 9.71. The number of benzene rings is 1. The lowest BCUT2D eigenvalue weighted by Gasteiger charge is -2.50. The first-order valence-corrected chi connectivity index (χ1v) is 17.6. The molecule has 2 saturated carbocycles. The molecule has 14 heteroatoms. The summed E-state index contributed by atoms with van der Waals surface area (Å²) in [6.07, 6.45) is -1.14. The van der Waals surface area contributed by atoms with E-state index in [1.54, 1.807) is 20.7 Å². The lowest BCUT2D eigenvalue weighted by Crippen LogP contribution is -2.65. The van der Waals surface area contributed by atoms with Crippen LogP contribution in [0.15, 0.2) is 42.7 Å². The van der Waals surface area contributed by atoms with Crippen LogP contribution >= 0.6 is 0 Å². The summed E-state index contributed by atoms with van der Waals surface area (Å²) in [6, 6.07) is 8.62. The highest BCUT2D eigenvalue weighted by atomic mass is 19.4. The molecule has 4 saturated heterocycles. The number of ether oxygens (including phenoxy) is 1. The predicted molar refractivity (Wildman–Crippen MR) is 174 cm³/mol. The number of likely N-dealkylation sites (N-methyl/N-ethyl adjacent to an activating group) is 1. The number of fused-ring (bicyclic) bond motifs is 3. The van der Waals surface area contributed by atoms with Gasteiger partial charge in [-0.3, -0.25) is 23.9 Å². The predicted octanol–water partition coefficient (Wildman–Crippen LogP) is 3.10. The molecule has 1 aromatic carbocycles. The second-order valence-corrected chi connectivity index (χ2v) is 15.7. The van der Waals surface area contributed by atoms with Crippen LogP contribution in [-0.2, 0) is 25.7 Å². The van der Waals surface area contributed by atoms with Gasteiger partial charge in [-0.1, -0.05) is 44.2 Å². The van der Waals surface area contributed by atoms with Crippen molar-refractivity contribution in [1.29, 1.82) is 0 Å². The molecule has 6 fully saturated rings. The van der Waals surface area contributed by atoms with Crippen LogP contribution in [-0.4, -0.2) is 101 Å². The molecule has 4 aliphatic heterocycles. The number of amides is 4. The van der Waals surface area contributed by atoms with Crippen molar-refractivity contribution in [2.75, 3.05) is 39.8 Å². The molecule has 1 spiro atoms. The monoisotopic (exact) mass is 698 g/mol. The molecular formula is C36H45F3N6O5. The third-order valence-corrected chi connectivity index (χ3v) is 12.2. The van der Waals surface area contributed by atoms with Crippen molar-refractivity contribution in [3.63, 3.8) is 0 Å². The van der Waals surface area contributed by atoms with Crippen LogP contribution in [0.25, 0.3) is 0 Å². The van der Waals surface area contributed by atoms with E-state index in [0.717, 1.165) is 5.56 Å². The average Bonchev–Trinajstić information content (AvgIpc) is 3.39. The number of likely N-dealkylation sites (tertiary alicyclic amines) is 1. The number of alkyl halides is 3. The normalized spacial score (nSPS) is 31.4. The van der Waals surface area contributed by atoms with Gasteiger partial charge in [0.15, 0.2) is 0 Å². The minimum Gasteiger partial charge on any atom is -0.375 e. The Hall–Kier alpha value is -3.94. The summed E-state index contributed by atoms with van der Waals surface area (Å²) in [7, 11) is 1.47. The fourth-order valence-corrected chi connectivity index (χ4v) is 9.16. The molecule has 2 N–H and O–H groups in total. The molecule has 270 valence electrons. The van der Waals surface area contributed by atoms with Crippen molar-refractivity contribution in [3.05, 3.63) is 53.9 Å². The third-order valence-electron chi connectivity index (χ3n) is 12.2. The van der Waals surface area contributed by atoms with Crippen molar-refractivity contribution >= 4 is 23.6 Å². The maximum Gasteiger partial charge on any atom is 0.391 e. The first-order chi connectivity index (χ1) is 23.7. The highest BCUT2D eigenvalue weighted by Crippen LogP contribution is 2.63. The van der Waals surface area contributed by atoms with Gasteiger partial charge in [0.2, 0.25) is 17.7 Å². The molecule has 0 radical (unpaired) electrons. The van der Waals surface area contributed by atoms with Crippen molar-refractivity contribution in [2.45, 2.75) is 64.4 Å². The largest absolute Gasteiger partial charge is 0.391 e. The summed E-state index contributed by atoms with van der Waals surface area (Å²) >= 11 is 0. The Morgan fingerprint density at radius 3 is 2.42 bits per heavy atom. The van der Waals surface area contributed by atoms with E-state index in [1.165, 1.54) is 13.2 Å². The van der Waals surface area contributed by atoms with E-state index < -0.39 is 58.7 Å². The Balaban J connectivity index is 1.11. The van der Waals surface area contributed by atoms with Gasteiger partial charge in [0.25, 0.3) is 5.91 Å². The maximum atomic E-state index is 14.2. The summed E-state index contributed by atoms with van der Waals surface area (Å²) < 4.78 is 48.1. The van der Waals surface area contributed by atoms with Crippen LogP contribution in [0.1, 0.15) is 55.5 Å². The van der Waals surface area contributed by atoms with Crippen molar-refractivity contribution in [1.82, 2.24) is 30.2 Å². The Morgan fingerprint density at radius 2 is 1.76 bits per heavy atom. The van der Waals surface area contributed by atoms with Crippen LogP contribution < -0.4 is 10.6 Å². The number of hydrogen-bond acceptors (Lipinski definition) is 6. The molecule has 2 aliphatic carbocycles. The van der Waals surface area contributed by atoms with Crippen LogP contribution in [0.5, 0.6) is 0 Å². The number of halogens is 3. The number of hydrogen-bond donors (Lipinski definition) is 2. The highest BCUT2D eigenvalue weighted by molar-refractivity contribution is 5.96. The maximum absolute atomic E-state index is 14.2. The molecule has 2 bridgehead atoms. The van der Waals surface area contributed by atoms with Gasteiger partial charge in [-0.2, -0.15) is 18.3 Å². The minimum atomic E-state index is -4.22. The van der Waals surface area contributed by atoms with Crippen molar-refractivity contribution < 1.29 is 37.1 Å². The molecule has 1 unspecified atom stereocenters. The second kappa shape index (κ2) is 12.7. The number of nitrogens with one attached hydrogen (secondary N) is 2. The summed E-state index contributed by atoms with van der Waals surface area (Å²) in [5, 5.41) is 10.0. The van der Waals surface area contributed by atoms with E-state index in [-0.39, 0.29) is 56.2 Å². The lowest BCUT2D eigenvalue weighted by molar-refractivity contribution is -0.185. The number of carbonyl (C=O) groups excluding carboxylic acids is 4. The van der Waals surface area contributed by atoms with Gasteiger partial charge in [0.1, 0.15) is 6.04 Å². The molecule has 4 amide bonds. The van der Waals surface area contributed by atoms with Gasteiger partial charge in [-0.25, -0.2) is 0 Å². The summed E-state index contributed by atoms with van der Waals surface area (Å²) in [4.78, 5) is 59.0. The SMILES string of the molecule is CNC(=O)[C@H]1NC(=O)[C@@H]2CN(C(=O)c3cnn(Cc4ccccc4)c3)CC23CN(C3)C(=O)[C@H]2C([C@H]1OCC1CCC(C(F)(F)F)CC1)C2(C)C. The van der Waals surface area contributed by atoms with Gasteiger partial charge in [0.05, 0.1) is 36.2 Å². The Morgan fingerprint density at radius 1 is 1.06 bits per heavy atom. The van der Waals surface area contributed by atoms with Gasteiger partial charge >= 0.3 is 6.18 Å². The second-order valence-electron chi connectivity index (χ2n) is 15.7. The first-order valence-electron chi connectivity index (χ1n) is 17.6. The molecule has 2 aromatic rings. The molecule has 1 aromatic heterocycles. The van der Waals surface area contributed by atoms with Crippen molar-refractivity contribution in [2.24, 2.45) is 40.4 Å². The fourth-order valence-electron chi connectivity index (χ4n) is 9.16. The topological polar surface area (TPSA) is 126 Å². The quantitative estimate of drug-likeness (QED) is 0.458. The summed E-state index contributed by atoms with van der Waals surface area (Å²) in [5.41, 5.74) is 0.227.